The first-order chi connectivity index (χ1) is 8.58. The predicted molar refractivity (Wildman–Crippen MR) is 71.4 cm³/mol. The van der Waals surface area contributed by atoms with Gasteiger partial charge in [0.1, 0.15) is 0 Å². The van der Waals surface area contributed by atoms with Crippen molar-refractivity contribution in [3.63, 3.8) is 0 Å². The second-order valence-corrected chi connectivity index (χ2v) is 4.58. The van der Waals surface area contributed by atoms with Gasteiger partial charge in [-0.3, -0.25) is 4.79 Å². The molecule has 1 saturated heterocycles. The van der Waals surface area contributed by atoms with Crippen LogP contribution in [0.3, 0.4) is 0 Å². The average Bonchev–Trinajstić information content (AvgIpc) is 2.35. The van der Waals surface area contributed by atoms with Crippen molar-refractivity contribution in [2.75, 3.05) is 19.6 Å². The van der Waals surface area contributed by atoms with Crippen LogP contribution in [-0.4, -0.2) is 36.5 Å². The number of halogens is 3. The van der Waals surface area contributed by atoms with Gasteiger partial charge in [-0.05, 0) is 13.0 Å². The van der Waals surface area contributed by atoms with E-state index in [1.807, 2.05) is 6.92 Å². The summed E-state index contributed by atoms with van der Waals surface area (Å²) in [6.07, 6.45) is -0.0870. The molecule has 0 spiro atoms. The summed E-state index contributed by atoms with van der Waals surface area (Å²) in [5, 5.41) is 3.22. The van der Waals surface area contributed by atoms with Gasteiger partial charge in [-0.2, -0.15) is 0 Å². The number of carbonyl (C=O) groups excluding carboxylic acids is 1. The summed E-state index contributed by atoms with van der Waals surface area (Å²) >= 11 is 0. The van der Waals surface area contributed by atoms with Crippen LogP contribution in [0.2, 0.25) is 0 Å². The monoisotopic (exact) mass is 290 g/mol. The van der Waals surface area contributed by atoms with Crippen molar-refractivity contribution in [2.45, 2.75) is 19.4 Å². The van der Waals surface area contributed by atoms with E-state index in [-0.39, 0.29) is 36.3 Å². The number of amides is 1. The van der Waals surface area contributed by atoms with Gasteiger partial charge in [0.05, 0.1) is 6.42 Å². The highest BCUT2D eigenvalue weighted by Crippen LogP contribution is 2.13. The summed E-state index contributed by atoms with van der Waals surface area (Å²) in [6, 6.07) is 4.15. The van der Waals surface area contributed by atoms with Crippen molar-refractivity contribution in [1.82, 2.24) is 10.2 Å². The third-order valence-corrected chi connectivity index (χ3v) is 3.09. The lowest BCUT2D eigenvalue weighted by Gasteiger charge is -2.32. The molecule has 0 aliphatic carbocycles. The molecule has 0 saturated carbocycles. The third-order valence-electron chi connectivity index (χ3n) is 3.09. The normalized spacial score (nSPS) is 18.9. The molecule has 2 rings (SSSR count). The number of rotatable bonds is 2. The van der Waals surface area contributed by atoms with Gasteiger partial charge in [0, 0.05) is 31.2 Å². The van der Waals surface area contributed by atoms with Crippen molar-refractivity contribution < 1.29 is 13.6 Å². The molecule has 1 heterocycles. The summed E-state index contributed by atoms with van der Waals surface area (Å²) in [6.45, 7) is 3.94. The lowest BCUT2D eigenvalue weighted by Crippen LogP contribution is -2.51. The molecule has 0 aromatic heterocycles. The number of hydrogen-bond donors (Lipinski definition) is 1. The lowest BCUT2D eigenvalue weighted by molar-refractivity contribution is -0.131. The summed E-state index contributed by atoms with van der Waals surface area (Å²) in [4.78, 5) is 13.7. The van der Waals surface area contributed by atoms with E-state index in [9.17, 15) is 13.6 Å². The third kappa shape index (κ3) is 3.88. The maximum absolute atomic E-state index is 13.4. The molecule has 0 radical (unpaired) electrons. The molecule has 1 amide bonds. The Hall–Kier alpha value is -1.20. The highest BCUT2D eigenvalue weighted by atomic mass is 35.5. The summed E-state index contributed by atoms with van der Waals surface area (Å²) in [5.41, 5.74) is 0.117. The van der Waals surface area contributed by atoms with Gasteiger partial charge in [0.2, 0.25) is 5.91 Å². The standard InChI is InChI=1S/C13H16F2N2O.ClH/c1-9-8-17(6-5-16-9)12(18)7-10-3-2-4-11(14)13(10)15;/h2-4,9,16H,5-8H2,1H3;1H/t9-;/m1./s1. The zero-order valence-electron chi connectivity index (χ0n) is 10.7. The maximum Gasteiger partial charge on any atom is 0.227 e. The van der Waals surface area contributed by atoms with Gasteiger partial charge >= 0.3 is 0 Å². The first kappa shape index (κ1) is 15.9. The van der Waals surface area contributed by atoms with Crippen LogP contribution in [0.25, 0.3) is 0 Å². The van der Waals surface area contributed by atoms with Crippen molar-refractivity contribution in [3.05, 3.63) is 35.4 Å². The Balaban J connectivity index is 0.00000180. The molecule has 3 nitrogen and oxygen atoms in total. The number of piperazine rings is 1. The number of nitrogens with one attached hydrogen (secondary N) is 1. The molecule has 19 heavy (non-hydrogen) atoms. The van der Waals surface area contributed by atoms with Gasteiger partial charge in [0.15, 0.2) is 11.6 Å². The van der Waals surface area contributed by atoms with Crippen LogP contribution in [0.15, 0.2) is 18.2 Å². The van der Waals surface area contributed by atoms with E-state index in [1.165, 1.54) is 12.1 Å². The second-order valence-electron chi connectivity index (χ2n) is 4.58. The number of carbonyl (C=O) groups is 1. The fourth-order valence-electron chi connectivity index (χ4n) is 2.12. The Kier molecular flexibility index (Phi) is 5.69. The fourth-order valence-corrected chi connectivity index (χ4v) is 2.12. The Morgan fingerprint density at radius 1 is 1.47 bits per heavy atom. The molecule has 1 aromatic rings. The number of nitrogens with zero attached hydrogens (tertiary/aromatic N) is 1. The molecule has 6 heteroatoms. The highest BCUT2D eigenvalue weighted by Gasteiger charge is 2.21. The molecule has 1 aliphatic rings. The van der Waals surface area contributed by atoms with E-state index in [0.29, 0.717) is 13.1 Å². The maximum atomic E-state index is 13.4. The number of benzene rings is 1. The van der Waals surface area contributed by atoms with E-state index in [4.69, 9.17) is 0 Å². The molecule has 1 fully saturated rings. The van der Waals surface area contributed by atoms with Crippen LogP contribution in [-0.2, 0) is 11.2 Å². The summed E-state index contributed by atoms with van der Waals surface area (Å²) < 4.78 is 26.5. The summed E-state index contributed by atoms with van der Waals surface area (Å²) in [5.74, 6) is -1.99. The lowest BCUT2D eigenvalue weighted by atomic mass is 10.1. The zero-order chi connectivity index (χ0) is 13.1. The predicted octanol–water partition coefficient (Wildman–Crippen LogP) is 1.75. The number of hydrogen-bond acceptors (Lipinski definition) is 2. The van der Waals surface area contributed by atoms with Gasteiger partial charge < -0.3 is 10.2 Å². The minimum atomic E-state index is -0.922. The van der Waals surface area contributed by atoms with E-state index in [2.05, 4.69) is 5.32 Å². The van der Waals surface area contributed by atoms with Crippen LogP contribution in [0.4, 0.5) is 8.78 Å². The van der Waals surface area contributed by atoms with E-state index < -0.39 is 11.6 Å². The molecule has 0 bridgehead atoms. The van der Waals surface area contributed by atoms with Crippen LogP contribution in [0, 0.1) is 11.6 Å². The molecule has 0 unspecified atom stereocenters. The van der Waals surface area contributed by atoms with Crippen LogP contribution in [0.1, 0.15) is 12.5 Å². The van der Waals surface area contributed by atoms with Gasteiger partial charge in [0.25, 0.3) is 0 Å². The molecule has 1 N–H and O–H groups in total. The minimum Gasteiger partial charge on any atom is -0.340 e. The Morgan fingerprint density at radius 3 is 2.89 bits per heavy atom. The van der Waals surface area contributed by atoms with Crippen LogP contribution in [0.5, 0.6) is 0 Å². The molecule has 1 atom stereocenters. The van der Waals surface area contributed by atoms with Crippen LogP contribution >= 0.6 is 12.4 Å². The van der Waals surface area contributed by atoms with Crippen molar-refractivity contribution in [1.29, 1.82) is 0 Å². The second kappa shape index (κ2) is 6.82. The Morgan fingerprint density at radius 2 is 2.21 bits per heavy atom. The molecule has 1 aromatic carbocycles. The first-order valence-corrected chi connectivity index (χ1v) is 6.02. The van der Waals surface area contributed by atoms with Gasteiger partial charge in [-0.1, -0.05) is 12.1 Å². The van der Waals surface area contributed by atoms with Crippen molar-refractivity contribution in [2.24, 2.45) is 0 Å². The quantitative estimate of drug-likeness (QED) is 0.900. The zero-order valence-corrected chi connectivity index (χ0v) is 11.5. The topological polar surface area (TPSA) is 32.3 Å². The minimum absolute atomic E-state index is 0. The molecular formula is C13H17ClF2N2O. The average molecular weight is 291 g/mol. The van der Waals surface area contributed by atoms with E-state index in [0.717, 1.165) is 12.6 Å². The first-order valence-electron chi connectivity index (χ1n) is 6.02. The summed E-state index contributed by atoms with van der Waals surface area (Å²) in [7, 11) is 0. The van der Waals surface area contributed by atoms with Crippen LogP contribution < -0.4 is 5.32 Å². The molecule has 1 aliphatic heterocycles. The van der Waals surface area contributed by atoms with E-state index >= 15 is 0 Å². The SMILES string of the molecule is C[C@@H]1CN(C(=O)Cc2cccc(F)c2F)CCN1.Cl. The largest absolute Gasteiger partial charge is 0.340 e. The molecule has 106 valence electrons. The highest BCUT2D eigenvalue weighted by molar-refractivity contribution is 5.85. The van der Waals surface area contributed by atoms with Crippen molar-refractivity contribution >= 4 is 18.3 Å². The van der Waals surface area contributed by atoms with E-state index in [1.54, 1.807) is 4.90 Å². The smallest absolute Gasteiger partial charge is 0.227 e. The van der Waals surface area contributed by atoms with Crippen molar-refractivity contribution in [3.8, 4) is 0 Å². The fraction of sp³-hybridized carbons (Fsp3) is 0.462. The Bertz CT molecular complexity index is 456. The molecular weight excluding hydrogens is 274 g/mol. The van der Waals surface area contributed by atoms with Gasteiger partial charge in [-0.25, -0.2) is 8.78 Å². The Labute approximate surface area is 117 Å². The van der Waals surface area contributed by atoms with Gasteiger partial charge in [-0.15, -0.1) is 12.4 Å².